The lowest BCUT2D eigenvalue weighted by molar-refractivity contribution is 0.100. The van der Waals surface area contributed by atoms with Gasteiger partial charge >= 0.3 is 6.03 Å². The number of para-hydroxylation sites is 1. The number of amides is 3. The minimum Gasteiger partial charge on any atom is -0.508 e. The highest BCUT2D eigenvalue weighted by Crippen LogP contribution is 2.17. The van der Waals surface area contributed by atoms with E-state index < -0.39 is 11.9 Å². The van der Waals surface area contributed by atoms with Gasteiger partial charge in [0.05, 0.1) is 11.3 Å². The number of urea groups is 1. The molecular weight excluding hydrogens is 258 g/mol. The number of hydrogen-bond acceptors (Lipinski definition) is 3. The number of aromatic hydroxyl groups is 1. The van der Waals surface area contributed by atoms with Crippen LogP contribution in [0.25, 0.3) is 0 Å². The molecule has 0 spiro atoms. The summed E-state index contributed by atoms with van der Waals surface area (Å²) in [6, 6.07) is 12.0. The summed E-state index contributed by atoms with van der Waals surface area (Å²) in [6.07, 6.45) is 0. The van der Waals surface area contributed by atoms with Gasteiger partial charge in [-0.3, -0.25) is 4.79 Å². The number of nitrogens with two attached hydrogens (primary N) is 1. The van der Waals surface area contributed by atoms with E-state index in [2.05, 4.69) is 10.6 Å². The van der Waals surface area contributed by atoms with Crippen LogP contribution in [0.3, 0.4) is 0 Å². The molecule has 3 amide bonds. The van der Waals surface area contributed by atoms with E-state index in [0.717, 1.165) is 0 Å². The molecule has 0 atom stereocenters. The monoisotopic (exact) mass is 271 g/mol. The van der Waals surface area contributed by atoms with E-state index >= 15 is 0 Å². The Kier molecular flexibility index (Phi) is 3.85. The Labute approximate surface area is 115 Å². The van der Waals surface area contributed by atoms with Gasteiger partial charge in [0, 0.05) is 11.8 Å². The predicted molar refractivity (Wildman–Crippen MR) is 75.7 cm³/mol. The van der Waals surface area contributed by atoms with Gasteiger partial charge in [-0.2, -0.15) is 0 Å². The maximum Gasteiger partial charge on any atom is 0.323 e. The van der Waals surface area contributed by atoms with Crippen LogP contribution >= 0.6 is 0 Å². The van der Waals surface area contributed by atoms with Gasteiger partial charge in [0.25, 0.3) is 5.91 Å². The van der Waals surface area contributed by atoms with Crippen molar-refractivity contribution in [2.75, 3.05) is 10.6 Å². The summed E-state index contributed by atoms with van der Waals surface area (Å²) in [5.41, 5.74) is 6.19. The van der Waals surface area contributed by atoms with E-state index in [0.29, 0.717) is 11.4 Å². The summed E-state index contributed by atoms with van der Waals surface area (Å²) < 4.78 is 0. The summed E-state index contributed by atoms with van der Waals surface area (Å²) >= 11 is 0. The van der Waals surface area contributed by atoms with Gasteiger partial charge in [-0.15, -0.1) is 0 Å². The zero-order valence-electron chi connectivity index (χ0n) is 10.5. The Morgan fingerprint density at radius 2 is 1.75 bits per heavy atom. The number of anilines is 2. The van der Waals surface area contributed by atoms with Crippen molar-refractivity contribution in [1.29, 1.82) is 0 Å². The van der Waals surface area contributed by atoms with Crippen LogP contribution in [0.2, 0.25) is 0 Å². The molecule has 20 heavy (non-hydrogen) atoms. The smallest absolute Gasteiger partial charge is 0.323 e. The zero-order chi connectivity index (χ0) is 14.5. The number of benzene rings is 2. The predicted octanol–water partition coefficient (Wildman–Crippen LogP) is 2.14. The molecule has 0 saturated carbocycles. The first-order valence-corrected chi connectivity index (χ1v) is 5.82. The third-order valence-corrected chi connectivity index (χ3v) is 2.54. The largest absolute Gasteiger partial charge is 0.508 e. The summed E-state index contributed by atoms with van der Waals surface area (Å²) in [6.45, 7) is 0. The quantitative estimate of drug-likeness (QED) is 0.687. The van der Waals surface area contributed by atoms with Gasteiger partial charge in [0.2, 0.25) is 0 Å². The number of phenols is 1. The molecule has 0 radical (unpaired) electrons. The van der Waals surface area contributed by atoms with Crippen LogP contribution in [0.5, 0.6) is 5.75 Å². The second-order valence-electron chi connectivity index (χ2n) is 4.04. The molecular formula is C14H13N3O3. The first kappa shape index (κ1) is 13.4. The molecule has 2 aromatic rings. The SMILES string of the molecule is NC(=O)c1ccccc1NC(=O)Nc1cccc(O)c1. The normalized spacial score (nSPS) is 9.80. The molecule has 102 valence electrons. The molecule has 0 fully saturated rings. The Balaban J connectivity index is 2.11. The molecule has 5 N–H and O–H groups in total. The van der Waals surface area contributed by atoms with Gasteiger partial charge < -0.3 is 21.5 Å². The van der Waals surface area contributed by atoms with Gasteiger partial charge in [-0.25, -0.2) is 4.79 Å². The summed E-state index contributed by atoms with van der Waals surface area (Å²) in [7, 11) is 0. The number of carbonyl (C=O) groups is 2. The van der Waals surface area contributed by atoms with E-state index in [4.69, 9.17) is 5.73 Å². The summed E-state index contributed by atoms with van der Waals surface area (Å²) in [5.74, 6) is -0.585. The molecule has 2 aromatic carbocycles. The average molecular weight is 271 g/mol. The van der Waals surface area contributed by atoms with E-state index in [1.165, 1.54) is 18.2 Å². The highest BCUT2D eigenvalue weighted by Gasteiger charge is 2.10. The van der Waals surface area contributed by atoms with Gasteiger partial charge in [0.1, 0.15) is 5.75 Å². The standard InChI is InChI=1S/C14H13N3O3/c15-13(19)11-6-1-2-7-12(11)17-14(20)16-9-4-3-5-10(18)8-9/h1-8,18H,(H2,15,19)(H2,16,17,20). The van der Waals surface area contributed by atoms with Crippen molar-refractivity contribution in [3.63, 3.8) is 0 Å². The molecule has 0 saturated heterocycles. The van der Waals surface area contributed by atoms with Crippen molar-refractivity contribution in [3.8, 4) is 5.75 Å². The summed E-state index contributed by atoms with van der Waals surface area (Å²) in [5, 5.41) is 14.4. The highest BCUT2D eigenvalue weighted by molar-refractivity contribution is 6.06. The molecule has 6 heteroatoms. The minimum absolute atomic E-state index is 0.0420. The number of phenolic OH excluding ortho intramolecular Hbond substituents is 1. The van der Waals surface area contributed by atoms with Crippen molar-refractivity contribution in [2.24, 2.45) is 5.73 Å². The number of rotatable bonds is 3. The second kappa shape index (κ2) is 5.75. The Bertz CT molecular complexity index is 656. The minimum atomic E-state index is -0.627. The van der Waals surface area contributed by atoms with Crippen molar-refractivity contribution < 1.29 is 14.7 Å². The first-order valence-electron chi connectivity index (χ1n) is 5.82. The van der Waals surface area contributed by atoms with Gasteiger partial charge in [0.15, 0.2) is 0 Å². The fourth-order valence-corrected chi connectivity index (χ4v) is 1.68. The van der Waals surface area contributed by atoms with Crippen LogP contribution in [0, 0.1) is 0 Å². The van der Waals surface area contributed by atoms with Crippen LogP contribution in [-0.2, 0) is 0 Å². The van der Waals surface area contributed by atoms with Crippen molar-refractivity contribution in [2.45, 2.75) is 0 Å². The zero-order valence-corrected chi connectivity index (χ0v) is 10.5. The molecule has 0 aliphatic carbocycles. The van der Waals surface area contributed by atoms with Crippen LogP contribution in [0.4, 0.5) is 16.2 Å². The van der Waals surface area contributed by atoms with Crippen molar-refractivity contribution >= 4 is 23.3 Å². The Morgan fingerprint density at radius 3 is 2.45 bits per heavy atom. The van der Waals surface area contributed by atoms with Gasteiger partial charge in [-0.05, 0) is 24.3 Å². The molecule has 0 bridgehead atoms. The molecule has 0 unspecified atom stereocenters. The topological polar surface area (TPSA) is 104 Å². The number of primary amides is 1. The lowest BCUT2D eigenvalue weighted by Crippen LogP contribution is -2.22. The van der Waals surface area contributed by atoms with Crippen molar-refractivity contribution in [3.05, 3.63) is 54.1 Å². The molecule has 2 rings (SSSR count). The third-order valence-electron chi connectivity index (χ3n) is 2.54. The van der Waals surface area contributed by atoms with E-state index in [9.17, 15) is 14.7 Å². The van der Waals surface area contributed by atoms with Crippen molar-refractivity contribution in [1.82, 2.24) is 0 Å². The average Bonchev–Trinajstić information content (AvgIpc) is 2.38. The Morgan fingerprint density at radius 1 is 1.00 bits per heavy atom. The third kappa shape index (κ3) is 3.26. The fourth-order valence-electron chi connectivity index (χ4n) is 1.68. The maximum atomic E-state index is 11.8. The van der Waals surface area contributed by atoms with Crippen LogP contribution in [-0.4, -0.2) is 17.0 Å². The molecule has 0 aliphatic heterocycles. The maximum absolute atomic E-state index is 11.8. The van der Waals surface area contributed by atoms with E-state index in [1.807, 2.05) is 0 Å². The number of hydrogen-bond donors (Lipinski definition) is 4. The molecule has 0 aromatic heterocycles. The Hall–Kier alpha value is -3.02. The lowest BCUT2D eigenvalue weighted by atomic mass is 10.1. The van der Waals surface area contributed by atoms with Gasteiger partial charge in [-0.1, -0.05) is 18.2 Å². The highest BCUT2D eigenvalue weighted by atomic mass is 16.3. The van der Waals surface area contributed by atoms with Crippen LogP contribution in [0.1, 0.15) is 10.4 Å². The van der Waals surface area contributed by atoms with E-state index in [-0.39, 0.29) is 11.3 Å². The van der Waals surface area contributed by atoms with Crippen LogP contribution < -0.4 is 16.4 Å². The second-order valence-corrected chi connectivity index (χ2v) is 4.04. The lowest BCUT2D eigenvalue weighted by Gasteiger charge is -2.10. The fraction of sp³-hybridized carbons (Fsp3) is 0. The molecule has 0 heterocycles. The van der Waals surface area contributed by atoms with E-state index in [1.54, 1.807) is 30.3 Å². The number of nitrogens with one attached hydrogen (secondary N) is 2. The number of carbonyl (C=O) groups excluding carboxylic acids is 2. The molecule has 0 aliphatic rings. The van der Waals surface area contributed by atoms with Crippen LogP contribution in [0.15, 0.2) is 48.5 Å². The molecule has 6 nitrogen and oxygen atoms in total. The summed E-state index contributed by atoms with van der Waals surface area (Å²) in [4.78, 5) is 23.0. The first-order chi connectivity index (χ1) is 9.56.